The summed E-state index contributed by atoms with van der Waals surface area (Å²) >= 11 is 1.58. The Balaban J connectivity index is 1.33. The number of rotatable bonds is 5. The van der Waals surface area contributed by atoms with Crippen LogP contribution in [0.4, 0.5) is 5.82 Å². The summed E-state index contributed by atoms with van der Waals surface area (Å²) in [6.07, 6.45) is 3.72. The summed E-state index contributed by atoms with van der Waals surface area (Å²) in [7, 11) is 0. The van der Waals surface area contributed by atoms with Gasteiger partial charge in [0.2, 0.25) is 5.91 Å². The van der Waals surface area contributed by atoms with Gasteiger partial charge in [-0.1, -0.05) is 36.4 Å². The molecule has 0 aliphatic carbocycles. The smallest absolute Gasteiger partial charge is 0.225 e. The van der Waals surface area contributed by atoms with Crippen LogP contribution in [0.15, 0.2) is 60.1 Å². The van der Waals surface area contributed by atoms with E-state index in [0.29, 0.717) is 6.54 Å². The van der Waals surface area contributed by atoms with Gasteiger partial charge in [-0.05, 0) is 25.0 Å². The number of carbonyl (C=O) groups excluding carboxylic acids is 1. The van der Waals surface area contributed by atoms with E-state index < -0.39 is 0 Å². The van der Waals surface area contributed by atoms with E-state index in [1.165, 1.54) is 0 Å². The summed E-state index contributed by atoms with van der Waals surface area (Å²) in [4.78, 5) is 23.9. The third-order valence-electron chi connectivity index (χ3n) is 4.80. The predicted molar refractivity (Wildman–Crippen MR) is 109 cm³/mol. The van der Waals surface area contributed by atoms with Crippen molar-refractivity contribution in [1.82, 2.24) is 15.3 Å². The number of carbonyl (C=O) groups is 1. The molecule has 138 valence electrons. The highest BCUT2D eigenvalue weighted by Gasteiger charge is 2.26. The van der Waals surface area contributed by atoms with Crippen molar-refractivity contribution in [1.29, 1.82) is 0 Å². The maximum atomic E-state index is 12.6. The van der Waals surface area contributed by atoms with Crippen LogP contribution in [0.5, 0.6) is 0 Å². The number of nitrogens with zero attached hydrogens (tertiary/aromatic N) is 3. The number of nitrogens with one attached hydrogen (secondary N) is 1. The number of aromatic nitrogens is 2. The first-order chi connectivity index (χ1) is 13.3. The van der Waals surface area contributed by atoms with Crippen LogP contribution in [0.3, 0.4) is 0 Å². The van der Waals surface area contributed by atoms with Gasteiger partial charge in [-0.15, -0.1) is 11.3 Å². The van der Waals surface area contributed by atoms with Gasteiger partial charge in [0.05, 0.1) is 18.2 Å². The predicted octanol–water partition coefficient (Wildman–Crippen LogP) is 3.74. The quantitative estimate of drug-likeness (QED) is 0.735. The second kappa shape index (κ2) is 8.31. The molecule has 1 saturated heterocycles. The van der Waals surface area contributed by atoms with Crippen LogP contribution in [0, 0.1) is 5.92 Å². The lowest BCUT2D eigenvalue weighted by Gasteiger charge is -2.32. The van der Waals surface area contributed by atoms with Gasteiger partial charge in [0, 0.05) is 30.2 Å². The molecule has 0 saturated carbocycles. The van der Waals surface area contributed by atoms with Crippen molar-refractivity contribution in [2.45, 2.75) is 19.4 Å². The summed E-state index contributed by atoms with van der Waals surface area (Å²) in [5, 5.41) is 6.04. The van der Waals surface area contributed by atoms with Gasteiger partial charge in [0.1, 0.15) is 10.8 Å². The van der Waals surface area contributed by atoms with Crippen LogP contribution >= 0.6 is 11.3 Å². The molecule has 1 fully saturated rings. The number of amides is 1. The number of hydrogen-bond acceptors (Lipinski definition) is 5. The molecular weight excluding hydrogens is 356 g/mol. The number of hydrogen-bond donors (Lipinski definition) is 1. The Kier molecular flexibility index (Phi) is 5.44. The van der Waals surface area contributed by atoms with E-state index >= 15 is 0 Å². The standard InChI is InChI=1S/C21H22N4OS/c26-21(17-9-6-12-25(14-17)19-10-4-5-11-22-19)23-13-20-24-18(15-27-20)16-7-2-1-3-8-16/h1-5,7-8,10-11,15,17H,6,9,12-14H2,(H,23,26). The van der Waals surface area contributed by atoms with Crippen LogP contribution in [0.1, 0.15) is 17.8 Å². The van der Waals surface area contributed by atoms with Gasteiger partial charge in [-0.25, -0.2) is 9.97 Å². The molecule has 1 atom stereocenters. The summed E-state index contributed by atoms with van der Waals surface area (Å²) in [5.41, 5.74) is 2.06. The largest absolute Gasteiger partial charge is 0.356 e. The highest BCUT2D eigenvalue weighted by atomic mass is 32.1. The number of anilines is 1. The second-order valence-electron chi connectivity index (χ2n) is 6.68. The van der Waals surface area contributed by atoms with Crippen LogP contribution < -0.4 is 10.2 Å². The highest BCUT2D eigenvalue weighted by molar-refractivity contribution is 7.09. The average molecular weight is 379 g/mol. The molecular formula is C21H22N4OS. The SMILES string of the molecule is O=C(NCc1nc(-c2ccccc2)cs1)C1CCCN(c2ccccn2)C1. The Morgan fingerprint density at radius 1 is 1.19 bits per heavy atom. The van der Waals surface area contributed by atoms with Gasteiger partial charge in [0.15, 0.2) is 0 Å². The fourth-order valence-electron chi connectivity index (χ4n) is 3.38. The van der Waals surface area contributed by atoms with Crippen LogP contribution in [0.2, 0.25) is 0 Å². The average Bonchev–Trinajstić information content (AvgIpc) is 3.22. The Bertz CT molecular complexity index is 881. The normalized spacial score (nSPS) is 16.9. The van der Waals surface area contributed by atoms with Gasteiger partial charge in [-0.2, -0.15) is 0 Å². The summed E-state index contributed by atoms with van der Waals surface area (Å²) in [6.45, 7) is 2.15. The minimum atomic E-state index is -0.00527. The lowest BCUT2D eigenvalue weighted by molar-refractivity contribution is -0.125. The molecule has 27 heavy (non-hydrogen) atoms. The van der Waals surface area contributed by atoms with E-state index in [-0.39, 0.29) is 11.8 Å². The number of thiazole rings is 1. The van der Waals surface area contributed by atoms with Crippen LogP contribution in [0.25, 0.3) is 11.3 Å². The van der Waals surface area contributed by atoms with E-state index in [1.807, 2.05) is 53.9 Å². The second-order valence-corrected chi connectivity index (χ2v) is 7.63. The van der Waals surface area contributed by atoms with E-state index in [0.717, 1.165) is 48.0 Å². The highest BCUT2D eigenvalue weighted by Crippen LogP contribution is 2.23. The number of benzene rings is 1. The Hall–Kier alpha value is -2.73. The molecule has 1 aromatic carbocycles. The molecule has 4 rings (SSSR count). The van der Waals surface area contributed by atoms with E-state index in [2.05, 4.69) is 20.2 Å². The van der Waals surface area contributed by atoms with Gasteiger partial charge < -0.3 is 10.2 Å². The molecule has 3 heterocycles. The molecule has 6 heteroatoms. The van der Waals surface area contributed by atoms with E-state index in [4.69, 9.17) is 0 Å². The molecule has 1 amide bonds. The maximum absolute atomic E-state index is 12.6. The molecule has 0 spiro atoms. The molecule has 2 aromatic heterocycles. The summed E-state index contributed by atoms with van der Waals surface area (Å²) in [6, 6.07) is 16.0. The van der Waals surface area contributed by atoms with Crippen molar-refractivity contribution in [3.8, 4) is 11.3 Å². The van der Waals surface area contributed by atoms with Crippen molar-refractivity contribution >= 4 is 23.1 Å². The molecule has 1 N–H and O–H groups in total. The lowest BCUT2D eigenvalue weighted by atomic mass is 9.97. The zero-order valence-corrected chi connectivity index (χ0v) is 15.9. The number of piperidine rings is 1. The Labute approximate surface area is 163 Å². The Morgan fingerprint density at radius 2 is 2.04 bits per heavy atom. The van der Waals surface area contributed by atoms with E-state index in [9.17, 15) is 4.79 Å². The van der Waals surface area contributed by atoms with Crippen LogP contribution in [-0.2, 0) is 11.3 Å². The lowest BCUT2D eigenvalue weighted by Crippen LogP contribution is -2.43. The molecule has 0 bridgehead atoms. The first-order valence-corrected chi connectivity index (χ1v) is 10.1. The zero-order valence-electron chi connectivity index (χ0n) is 15.0. The van der Waals surface area contributed by atoms with Crippen LogP contribution in [-0.4, -0.2) is 29.0 Å². The maximum Gasteiger partial charge on any atom is 0.225 e. The third kappa shape index (κ3) is 4.34. The fourth-order valence-corrected chi connectivity index (χ4v) is 4.12. The minimum Gasteiger partial charge on any atom is -0.356 e. The first kappa shape index (κ1) is 17.7. The number of pyridine rings is 1. The van der Waals surface area contributed by atoms with Crippen molar-refractivity contribution in [2.24, 2.45) is 5.92 Å². The topological polar surface area (TPSA) is 58.1 Å². The van der Waals surface area contributed by atoms with Crippen molar-refractivity contribution in [3.05, 3.63) is 65.1 Å². The first-order valence-electron chi connectivity index (χ1n) is 9.23. The summed E-state index contributed by atoms with van der Waals surface area (Å²) < 4.78 is 0. The van der Waals surface area contributed by atoms with Gasteiger partial charge in [-0.3, -0.25) is 4.79 Å². The zero-order chi connectivity index (χ0) is 18.5. The summed E-state index contributed by atoms with van der Waals surface area (Å²) in [5.74, 6) is 1.05. The molecule has 1 aliphatic rings. The molecule has 3 aromatic rings. The Morgan fingerprint density at radius 3 is 2.85 bits per heavy atom. The van der Waals surface area contributed by atoms with Gasteiger partial charge >= 0.3 is 0 Å². The molecule has 1 unspecified atom stereocenters. The van der Waals surface area contributed by atoms with E-state index in [1.54, 1.807) is 17.5 Å². The third-order valence-corrected chi connectivity index (χ3v) is 5.65. The minimum absolute atomic E-state index is 0.00527. The fraction of sp³-hybridized carbons (Fsp3) is 0.286. The monoisotopic (exact) mass is 378 g/mol. The van der Waals surface area contributed by atoms with Crippen molar-refractivity contribution in [3.63, 3.8) is 0 Å². The van der Waals surface area contributed by atoms with Crippen molar-refractivity contribution < 1.29 is 4.79 Å². The molecule has 0 radical (unpaired) electrons. The van der Waals surface area contributed by atoms with Gasteiger partial charge in [0.25, 0.3) is 0 Å². The molecule has 1 aliphatic heterocycles. The van der Waals surface area contributed by atoms with Crippen molar-refractivity contribution in [2.75, 3.05) is 18.0 Å². The molecule has 5 nitrogen and oxygen atoms in total.